The zero-order valence-corrected chi connectivity index (χ0v) is 19.7. The van der Waals surface area contributed by atoms with Crippen LogP contribution >= 0.6 is 23.1 Å². The summed E-state index contributed by atoms with van der Waals surface area (Å²) < 4.78 is 14.7. The number of nitrogens with zero attached hydrogens (tertiary/aromatic N) is 3. The highest BCUT2D eigenvalue weighted by molar-refractivity contribution is 7.99. The summed E-state index contributed by atoms with van der Waals surface area (Å²) in [6.07, 6.45) is 1.64. The predicted octanol–water partition coefficient (Wildman–Crippen LogP) is 5.20. The zero-order chi connectivity index (χ0) is 23.4. The minimum atomic E-state index is -0.311. The number of benzene rings is 2. The van der Waals surface area contributed by atoms with Gasteiger partial charge in [-0.2, -0.15) is 0 Å². The van der Waals surface area contributed by atoms with Gasteiger partial charge in [-0.15, -0.1) is 17.9 Å². The lowest BCUT2D eigenvalue weighted by molar-refractivity contribution is -0.127. The number of halogens is 1. The number of hydrogen-bond donors (Lipinski definition) is 0. The molecule has 0 radical (unpaired) electrons. The van der Waals surface area contributed by atoms with Crippen molar-refractivity contribution < 1.29 is 9.18 Å². The van der Waals surface area contributed by atoms with Crippen molar-refractivity contribution >= 4 is 39.2 Å². The van der Waals surface area contributed by atoms with Gasteiger partial charge in [0.15, 0.2) is 5.16 Å². The van der Waals surface area contributed by atoms with E-state index in [1.807, 2.05) is 36.4 Å². The molecule has 0 atom stereocenters. The topological polar surface area (TPSA) is 55.2 Å². The van der Waals surface area contributed by atoms with Crippen LogP contribution in [0.15, 0.2) is 83.3 Å². The molecular formula is C25H22FN3O2S2. The van der Waals surface area contributed by atoms with Crippen molar-refractivity contribution in [3.05, 3.63) is 95.1 Å². The van der Waals surface area contributed by atoms with Crippen LogP contribution in [0.25, 0.3) is 20.7 Å². The van der Waals surface area contributed by atoms with Crippen LogP contribution in [0.2, 0.25) is 0 Å². The lowest BCUT2D eigenvalue weighted by atomic mass is 10.2. The van der Waals surface area contributed by atoms with Crippen molar-refractivity contribution in [2.24, 2.45) is 0 Å². The maximum atomic E-state index is 13.2. The van der Waals surface area contributed by atoms with Gasteiger partial charge in [-0.05, 0) is 29.3 Å². The van der Waals surface area contributed by atoms with Gasteiger partial charge < -0.3 is 4.90 Å². The Morgan fingerprint density at radius 2 is 1.94 bits per heavy atom. The molecule has 0 aliphatic rings. The summed E-state index contributed by atoms with van der Waals surface area (Å²) in [5, 5.41) is 1.04. The Labute approximate surface area is 199 Å². The van der Waals surface area contributed by atoms with Gasteiger partial charge >= 0.3 is 0 Å². The quantitative estimate of drug-likeness (QED) is 0.198. The van der Waals surface area contributed by atoms with Crippen LogP contribution < -0.4 is 5.56 Å². The molecule has 2 aromatic carbocycles. The van der Waals surface area contributed by atoms with Gasteiger partial charge in [0.2, 0.25) is 5.91 Å². The summed E-state index contributed by atoms with van der Waals surface area (Å²) in [5.41, 5.74) is 1.72. The number of rotatable bonds is 8. The van der Waals surface area contributed by atoms with Gasteiger partial charge in [0.05, 0.1) is 11.1 Å². The maximum Gasteiger partial charge on any atom is 0.263 e. The molecule has 1 amide bonds. The average molecular weight is 480 g/mol. The van der Waals surface area contributed by atoms with E-state index in [1.54, 1.807) is 34.7 Å². The van der Waals surface area contributed by atoms with Gasteiger partial charge in [0.25, 0.3) is 5.56 Å². The average Bonchev–Trinajstić information content (AvgIpc) is 3.26. The molecule has 0 bridgehead atoms. The Morgan fingerprint density at radius 3 is 2.64 bits per heavy atom. The van der Waals surface area contributed by atoms with Crippen molar-refractivity contribution in [2.75, 3.05) is 12.8 Å². The van der Waals surface area contributed by atoms with Crippen molar-refractivity contribution in [1.29, 1.82) is 0 Å². The first-order valence-electron chi connectivity index (χ1n) is 10.3. The number of aromatic nitrogens is 2. The maximum absolute atomic E-state index is 13.2. The highest BCUT2D eigenvalue weighted by Crippen LogP contribution is 2.32. The minimum Gasteiger partial charge on any atom is -0.341 e. The van der Waals surface area contributed by atoms with Gasteiger partial charge in [0, 0.05) is 25.0 Å². The molecule has 0 saturated heterocycles. The Hall–Kier alpha value is -3.23. The summed E-state index contributed by atoms with van der Waals surface area (Å²) in [4.78, 5) is 33.8. The highest BCUT2D eigenvalue weighted by atomic mass is 32.2. The molecule has 4 aromatic rings. The van der Waals surface area contributed by atoms with Crippen LogP contribution in [0.3, 0.4) is 0 Å². The van der Waals surface area contributed by atoms with Crippen LogP contribution in [0.4, 0.5) is 4.39 Å². The summed E-state index contributed by atoms with van der Waals surface area (Å²) >= 11 is 2.69. The lowest BCUT2D eigenvalue weighted by Gasteiger charge is -2.17. The first-order chi connectivity index (χ1) is 16.0. The molecule has 5 nitrogen and oxygen atoms in total. The van der Waals surface area contributed by atoms with Crippen LogP contribution in [-0.4, -0.2) is 33.2 Å². The normalized spacial score (nSPS) is 11.0. The second-order valence-corrected chi connectivity index (χ2v) is 9.43. The summed E-state index contributed by atoms with van der Waals surface area (Å²) in [6, 6.07) is 17.8. The third-order valence-electron chi connectivity index (χ3n) is 5.07. The minimum absolute atomic E-state index is 0.111. The van der Waals surface area contributed by atoms with Crippen LogP contribution in [-0.2, 0) is 17.9 Å². The second-order valence-electron chi connectivity index (χ2n) is 7.46. The number of fused-ring (bicyclic) bond motifs is 1. The Bertz CT molecular complexity index is 1350. The lowest BCUT2D eigenvalue weighted by Crippen LogP contribution is -2.28. The molecule has 0 unspecified atom stereocenters. The molecule has 4 rings (SSSR count). The predicted molar refractivity (Wildman–Crippen MR) is 133 cm³/mol. The molecular weight excluding hydrogens is 457 g/mol. The van der Waals surface area contributed by atoms with E-state index >= 15 is 0 Å². The molecule has 2 heterocycles. The van der Waals surface area contributed by atoms with Crippen LogP contribution in [0.5, 0.6) is 0 Å². The van der Waals surface area contributed by atoms with E-state index in [0.717, 1.165) is 16.0 Å². The van der Waals surface area contributed by atoms with Crippen molar-refractivity contribution in [1.82, 2.24) is 14.5 Å². The molecule has 0 aliphatic carbocycles. The van der Waals surface area contributed by atoms with Crippen molar-refractivity contribution in [2.45, 2.75) is 18.2 Å². The Balaban J connectivity index is 1.56. The molecule has 168 valence electrons. The second kappa shape index (κ2) is 10.1. The fourth-order valence-electron chi connectivity index (χ4n) is 3.33. The Kier molecular flexibility index (Phi) is 7.05. The molecule has 0 fully saturated rings. The fourth-order valence-corrected chi connectivity index (χ4v) is 5.36. The third kappa shape index (κ3) is 5.23. The van der Waals surface area contributed by atoms with E-state index in [1.165, 1.54) is 35.2 Å². The van der Waals surface area contributed by atoms with E-state index in [9.17, 15) is 14.0 Å². The van der Waals surface area contributed by atoms with Crippen LogP contribution in [0.1, 0.15) is 5.56 Å². The van der Waals surface area contributed by atoms with E-state index < -0.39 is 0 Å². The first-order valence-corrected chi connectivity index (χ1v) is 12.1. The summed E-state index contributed by atoms with van der Waals surface area (Å²) in [5.74, 6) is -0.294. The van der Waals surface area contributed by atoms with E-state index in [2.05, 4.69) is 6.58 Å². The van der Waals surface area contributed by atoms with Gasteiger partial charge in [-0.25, -0.2) is 9.37 Å². The summed E-state index contributed by atoms with van der Waals surface area (Å²) in [6.45, 7) is 4.43. The Morgan fingerprint density at radius 1 is 1.21 bits per heavy atom. The number of amides is 1. The largest absolute Gasteiger partial charge is 0.341 e. The van der Waals surface area contributed by atoms with Gasteiger partial charge in [-0.1, -0.05) is 60.3 Å². The molecule has 0 spiro atoms. The van der Waals surface area contributed by atoms with Gasteiger partial charge in [-0.3, -0.25) is 14.2 Å². The molecule has 0 aliphatic heterocycles. The van der Waals surface area contributed by atoms with E-state index in [4.69, 9.17) is 4.98 Å². The third-order valence-corrected chi connectivity index (χ3v) is 7.11. The highest BCUT2D eigenvalue weighted by Gasteiger charge is 2.17. The van der Waals surface area contributed by atoms with E-state index in [-0.39, 0.29) is 23.0 Å². The van der Waals surface area contributed by atoms with E-state index in [0.29, 0.717) is 28.5 Å². The van der Waals surface area contributed by atoms with Crippen molar-refractivity contribution in [3.63, 3.8) is 0 Å². The number of hydrogen-bond acceptors (Lipinski definition) is 5. The number of allylic oxidation sites excluding steroid dienone is 1. The van der Waals surface area contributed by atoms with Crippen LogP contribution in [0, 0.1) is 5.82 Å². The molecule has 8 heteroatoms. The number of thiophene rings is 1. The zero-order valence-electron chi connectivity index (χ0n) is 18.0. The SMILES string of the molecule is C=CCn1c(SCC(=O)N(C)Cc2ccc(F)cc2)nc2sc(-c3ccccc3)cc2c1=O. The smallest absolute Gasteiger partial charge is 0.263 e. The number of thioether (sulfide) groups is 1. The molecule has 2 aromatic heterocycles. The number of carbonyl (C=O) groups is 1. The first kappa shape index (κ1) is 22.9. The van der Waals surface area contributed by atoms with Crippen molar-refractivity contribution in [3.8, 4) is 10.4 Å². The monoisotopic (exact) mass is 479 g/mol. The molecule has 33 heavy (non-hydrogen) atoms. The number of carbonyl (C=O) groups excluding carboxylic acids is 1. The molecule has 0 N–H and O–H groups in total. The van der Waals surface area contributed by atoms with Gasteiger partial charge in [0.1, 0.15) is 10.6 Å². The molecule has 0 saturated carbocycles. The summed E-state index contributed by atoms with van der Waals surface area (Å²) in [7, 11) is 1.70. The fraction of sp³-hybridized carbons (Fsp3) is 0.160. The standard InChI is InChI=1S/C25H22FN3O2S2/c1-3-13-29-24(31)20-14-21(18-7-5-4-6-8-18)33-23(20)27-25(29)32-16-22(30)28(2)15-17-9-11-19(26)12-10-17/h3-12,14H,1,13,15-16H2,2H3.